The van der Waals surface area contributed by atoms with Gasteiger partial charge in [0, 0.05) is 85.4 Å². The number of ether oxygens (including phenoxy) is 1. The molecule has 350 valence electrons. The van der Waals surface area contributed by atoms with Crippen molar-refractivity contribution in [2.24, 2.45) is 4.99 Å². The molecule has 0 spiro atoms. The summed E-state index contributed by atoms with van der Waals surface area (Å²) in [6.45, 7) is 8.09. The average Bonchev–Trinajstić information content (AvgIpc) is 3.79. The van der Waals surface area contributed by atoms with E-state index in [1.54, 1.807) is 41.7 Å². The van der Waals surface area contributed by atoms with Crippen LogP contribution in [0.15, 0.2) is 121 Å². The lowest BCUT2D eigenvalue weighted by Crippen LogP contribution is -2.26. The van der Waals surface area contributed by atoms with Gasteiger partial charge in [-0.2, -0.15) is 13.2 Å². The number of hydrogen-bond donors (Lipinski definition) is 3. The van der Waals surface area contributed by atoms with Crippen LogP contribution in [0.25, 0.3) is 31.6 Å². The van der Waals surface area contributed by atoms with Crippen molar-refractivity contribution in [2.45, 2.75) is 58.7 Å². The highest BCUT2D eigenvalue weighted by atomic mass is 35.5. The van der Waals surface area contributed by atoms with Gasteiger partial charge in [0.1, 0.15) is 17.2 Å². The highest BCUT2D eigenvalue weighted by molar-refractivity contribution is 7.21. The molecular formula is C50H48ClF3N10O3S. The van der Waals surface area contributed by atoms with Gasteiger partial charge in [-0.25, -0.2) is 9.78 Å². The highest BCUT2D eigenvalue weighted by Crippen LogP contribution is 2.37. The van der Waals surface area contributed by atoms with E-state index in [-0.39, 0.29) is 17.3 Å². The summed E-state index contributed by atoms with van der Waals surface area (Å²) in [4.78, 5) is 43.2. The van der Waals surface area contributed by atoms with Crippen molar-refractivity contribution in [3.63, 3.8) is 0 Å². The molecule has 0 bridgehead atoms. The fourth-order valence-corrected chi connectivity index (χ4v) is 8.97. The first-order valence-corrected chi connectivity index (χ1v) is 23.5. The lowest BCUT2D eigenvalue weighted by atomic mass is 10.1. The van der Waals surface area contributed by atoms with E-state index in [0.717, 1.165) is 102 Å². The molecule has 0 atom stereocenters. The van der Waals surface area contributed by atoms with E-state index in [1.165, 1.54) is 28.7 Å². The molecule has 3 N–H and O–H groups in total. The normalized spacial score (nSPS) is 11.9. The molecule has 3 amide bonds. The van der Waals surface area contributed by atoms with E-state index in [1.807, 2.05) is 10.9 Å². The van der Waals surface area contributed by atoms with Crippen molar-refractivity contribution in [1.29, 1.82) is 0 Å². The fraction of sp³-hybridized carbons (Fsp3) is 0.260. The molecule has 2 aromatic heterocycles. The summed E-state index contributed by atoms with van der Waals surface area (Å²) < 4.78 is 48.5. The molecule has 0 radical (unpaired) electrons. The van der Waals surface area contributed by atoms with Crippen LogP contribution in [0.3, 0.4) is 0 Å². The first kappa shape index (κ1) is 47.4. The molecule has 4 aromatic carbocycles. The number of anilines is 3. The van der Waals surface area contributed by atoms with Crippen LogP contribution in [0, 0.1) is 0 Å². The Morgan fingerprint density at radius 2 is 1.62 bits per heavy atom. The lowest BCUT2D eigenvalue weighted by Gasteiger charge is -2.21. The summed E-state index contributed by atoms with van der Waals surface area (Å²) in [6, 6.07) is 28.9. The Morgan fingerprint density at radius 1 is 0.853 bits per heavy atom. The van der Waals surface area contributed by atoms with Crippen LogP contribution in [0.4, 0.5) is 35.0 Å². The van der Waals surface area contributed by atoms with Crippen LogP contribution in [0.1, 0.15) is 61.3 Å². The van der Waals surface area contributed by atoms with E-state index < -0.39 is 22.8 Å². The SMILES string of the molecule is CCN(CC)c1ccc2nc3c4ccccc4c(=NCCCCCCn4cc(CCNC(=O)c5cc(Oc6ccc(NC(=O)Nc7ccc(Cl)c(C(F)(F)F)c7)cc6)ccn5)nn4)cc-3sc2c1. The number of fused-ring (bicyclic) bond motifs is 4. The molecule has 8 rings (SSSR count). The molecule has 0 fully saturated rings. The van der Waals surface area contributed by atoms with Crippen LogP contribution >= 0.6 is 22.9 Å². The van der Waals surface area contributed by atoms with Gasteiger partial charge in [0.2, 0.25) is 0 Å². The van der Waals surface area contributed by atoms with Crippen LogP contribution in [-0.4, -0.2) is 63.1 Å². The first-order chi connectivity index (χ1) is 32.9. The van der Waals surface area contributed by atoms with Crippen molar-refractivity contribution in [3.8, 4) is 22.1 Å². The first-order valence-electron chi connectivity index (χ1n) is 22.3. The number of benzene rings is 5. The predicted molar refractivity (Wildman–Crippen MR) is 262 cm³/mol. The third-order valence-electron chi connectivity index (χ3n) is 11.2. The number of alkyl halides is 3. The zero-order chi connectivity index (χ0) is 47.6. The van der Waals surface area contributed by atoms with Gasteiger partial charge < -0.3 is 25.6 Å². The van der Waals surface area contributed by atoms with Gasteiger partial charge >= 0.3 is 12.2 Å². The predicted octanol–water partition coefficient (Wildman–Crippen LogP) is 11.6. The van der Waals surface area contributed by atoms with E-state index >= 15 is 0 Å². The minimum atomic E-state index is -4.67. The van der Waals surface area contributed by atoms with Gasteiger partial charge in [-0.3, -0.25) is 19.5 Å². The molecule has 6 aromatic rings. The summed E-state index contributed by atoms with van der Waals surface area (Å²) in [6.07, 6.45) is 3.20. The number of amides is 3. The second-order valence-electron chi connectivity index (χ2n) is 15.9. The Balaban J connectivity index is 0.757. The topological polar surface area (TPSA) is 152 Å². The number of rotatable bonds is 18. The van der Waals surface area contributed by atoms with Gasteiger partial charge in [-0.1, -0.05) is 53.9 Å². The standard InChI is InChI=1S/C50H48ClF3N10O3S/c1-3-63(4-2)35-16-20-42-45(28-35)68-46-30-43(38-11-7-8-12-39(38)47(46)60-42)55-23-9-5-6-10-26-64-31-34(61-62-64)21-24-57-48(65)44-29-37(22-25-56-44)67-36-17-13-32(14-18-36)58-49(66)59-33-15-19-41(51)40(27-33)50(52,53)54/h7-8,11-20,22,25,27-31H,3-6,9-10,21,23-24,26H2,1-2H3,(H,57,65)(H2,58,59,66). The van der Waals surface area contributed by atoms with Crippen molar-refractivity contribution in [1.82, 2.24) is 30.3 Å². The monoisotopic (exact) mass is 960 g/mol. The largest absolute Gasteiger partial charge is 0.457 e. The van der Waals surface area contributed by atoms with Gasteiger partial charge in [0.25, 0.3) is 5.91 Å². The smallest absolute Gasteiger partial charge is 0.417 e. The Morgan fingerprint density at radius 3 is 2.41 bits per heavy atom. The Bertz CT molecular complexity index is 3090. The number of carbonyl (C=O) groups is 2. The summed E-state index contributed by atoms with van der Waals surface area (Å²) in [5.41, 5.74) is 3.39. The van der Waals surface area contributed by atoms with Gasteiger partial charge in [0.05, 0.1) is 42.4 Å². The number of nitrogens with one attached hydrogen (secondary N) is 3. The molecule has 0 saturated heterocycles. The van der Waals surface area contributed by atoms with Crippen molar-refractivity contribution in [2.75, 3.05) is 41.7 Å². The molecule has 13 nitrogen and oxygen atoms in total. The highest BCUT2D eigenvalue weighted by Gasteiger charge is 2.33. The number of carbonyl (C=O) groups excluding carboxylic acids is 2. The second kappa shape index (κ2) is 21.7. The molecule has 0 saturated carbocycles. The molecule has 0 unspecified atom stereocenters. The summed E-state index contributed by atoms with van der Waals surface area (Å²) in [5, 5.41) is 19.1. The quantitative estimate of drug-likeness (QED) is 0.0437. The Hall–Kier alpha value is -7.11. The van der Waals surface area contributed by atoms with Crippen molar-refractivity contribution in [3.05, 3.63) is 143 Å². The molecular weight excluding hydrogens is 913 g/mol. The van der Waals surface area contributed by atoms with E-state index in [9.17, 15) is 22.8 Å². The Kier molecular flexibility index (Phi) is 15.1. The molecule has 1 aliphatic heterocycles. The second-order valence-corrected chi connectivity index (χ2v) is 17.4. The minimum absolute atomic E-state index is 0.0777. The molecule has 18 heteroatoms. The van der Waals surface area contributed by atoms with Crippen LogP contribution in [0.2, 0.25) is 5.02 Å². The van der Waals surface area contributed by atoms with Gasteiger partial charge in [-0.15, -0.1) is 16.4 Å². The lowest BCUT2D eigenvalue weighted by molar-refractivity contribution is -0.137. The summed E-state index contributed by atoms with van der Waals surface area (Å²) in [5.74, 6) is 0.384. The fourth-order valence-electron chi connectivity index (χ4n) is 7.69. The molecule has 68 heavy (non-hydrogen) atoms. The number of halogens is 4. The van der Waals surface area contributed by atoms with Crippen LogP contribution in [-0.2, 0) is 19.1 Å². The van der Waals surface area contributed by atoms with Crippen LogP contribution in [0.5, 0.6) is 11.5 Å². The van der Waals surface area contributed by atoms with Gasteiger partial charge in [-0.05, 0) is 99.5 Å². The number of aryl methyl sites for hydroxylation is 1. The van der Waals surface area contributed by atoms with Gasteiger partial charge in [0.15, 0.2) is 0 Å². The zero-order valence-corrected chi connectivity index (χ0v) is 38.9. The minimum Gasteiger partial charge on any atom is -0.457 e. The number of aromatic nitrogens is 5. The third-order valence-corrected chi connectivity index (χ3v) is 12.6. The number of hydrogen-bond acceptors (Lipinski definition) is 10. The molecule has 3 heterocycles. The Labute approximate surface area is 399 Å². The summed E-state index contributed by atoms with van der Waals surface area (Å²) >= 11 is 7.44. The van der Waals surface area contributed by atoms with Crippen LogP contribution < -0.4 is 30.9 Å². The number of urea groups is 1. The summed E-state index contributed by atoms with van der Waals surface area (Å²) in [7, 11) is 0. The zero-order valence-electron chi connectivity index (χ0n) is 37.3. The number of pyridine rings is 1. The van der Waals surface area contributed by atoms with Crippen molar-refractivity contribution < 1.29 is 27.5 Å². The van der Waals surface area contributed by atoms with E-state index in [4.69, 9.17) is 26.3 Å². The van der Waals surface area contributed by atoms with E-state index in [0.29, 0.717) is 30.2 Å². The number of nitrogens with zero attached hydrogens (tertiary/aromatic N) is 7. The van der Waals surface area contributed by atoms with E-state index in [2.05, 4.69) is 98.5 Å². The molecule has 2 aliphatic rings. The molecule has 1 aliphatic carbocycles. The maximum atomic E-state index is 13.2. The maximum absolute atomic E-state index is 13.2. The number of unbranched alkanes of at least 4 members (excludes halogenated alkanes) is 3. The average molecular weight is 962 g/mol. The third kappa shape index (κ3) is 11.9. The maximum Gasteiger partial charge on any atom is 0.417 e. The van der Waals surface area contributed by atoms with Crippen molar-refractivity contribution >= 4 is 72.9 Å².